The number of anilines is 2. The zero-order valence-corrected chi connectivity index (χ0v) is 18.2. The van der Waals surface area contributed by atoms with Gasteiger partial charge < -0.3 is 14.4 Å². The summed E-state index contributed by atoms with van der Waals surface area (Å²) in [7, 11) is 2.97. The topological polar surface area (TPSA) is 76.2 Å². The predicted molar refractivity (Wildman–Crippen MR) is 112 cm³/mol. The molecular formula is C22H32N2O5. The minimum Gasteiger partial charge on any atom is -0.497 e. The molecule has 1 heterocycles. The molecule has 29 heavy (non-hydrogen) atoms. The summed E-state index contributed by atoms with van der Waals surface area (Å²) in [6.07, 6.45) is 1.39. The van der Waals surface area contributed by atoms with Crippen molar-refractivity contribution in [3.63, 3.8) is 0 Å². The number of hydrogen-bond acceptors (Lipinski definition) is 6. The SMILES string of the molecule is COC(=O)C1CCN(c2cc(OC)cc(N(C(=O)C(C)C)C(=O)C(C)C)c2)CC1. The van der Waals surface area contributed by atoms with Crippen molar-refractivity contribution in [1.29, 1.82) is 0 Å². The van der Waals surface area contributed by atoms with Gasteiger partial charge in [-0.1, -0.05) is 27.7 Å². The maximum Gasteiger partial charge on any atom is 0.308 e. The van der Waals surface area contributed by atoms with Crippen LogP contribution < -0.4 is 14.5 Å². The molecule has 1 aliphatic rings. The molecule has 0 unspecified atom stereocenters. The molecule has 2 rings (SSSR count). The van der Waals surface area contributed by atoms with Gasteiger partial charge in [0.2, 0.25) is 11.8 Å². The third-order valence-electron chi connectivity index (χ3n) is 5.19. The number of methoxy groups -OCH3 is 2. The molecular weight excluding hydrogens is 372 g/mol. The van der Waals surface area contributed by atoms with Crippen LogP contribution in [0.1, 0.15) is 40.5 Å². The molecule has 0 N–H and O–H groups in total. The lowest BCUT2D eigenvalue weighted by molar-refractivity contribution is -0.146. The largest absolute Gasteiger partial charge is 0.497 e. The number of carbonyl (C=O) groups excluding carboxylic acids is 3. The molecule has 0 saturated carbocycles. The van der Waals surface area contributed by atoms with Gasteiger partial charge in [-0.2, -0.15) is 0 Å². The van der Waals surface area contributed by atoms with Gasteiger partial charge in [0.15, 0.2) is 0 Å². The van der Waals surface area contributed by atoms with Crippen molar-refractivity contribution >= 4 is 29.2 Å². The molecule has 0 aromatic heterocycles. The molecule has 0 bridgehead atoms. The summed E-state index contributed by atoms with van der Waals surface area (Å²) in [5, 5.41) is 0. The average Bonchev–Trinajstić information content (AvgIpc) is 2.72. The van der Waals surface area contributed by atoms with Crippen LogP contribution in [0.15, 0.2) is 18.2 Å². The number of hydrogen-bond donors (Lipinski definition) is 0. The number of carbonyl (C=O) groups is 3. The van der Waals surface area contributed by atoms with Crippen molar-refractivity contribution in [3.05, 3.63) is 18.2 Å². The van der Waals surface area contributed by atoms with Crippen LogP contribution in [0.5, 0.6) is 5.75 Å². The smallest absolute Gasteiger partial charge is 0.308 e. The second-order valence-electron chi connectivity index (χ2n) is 8.00. The highest BCUT2D eigenvalue weighted by atomic mass is 16.5. The van der Waals surface area contributed by atoms with Crippen molar-refractivity contribution in [1.82, 2.24) is 0 Å². The number of amides is 2. The Bertz CT molecular complexity index is 732. The van der Waals surface area contributed by atoms with Gasteiger partial charge in [-0.05, 0) is 18.9 Å². The molecule has 0 atom stereocenters. The van der Waals surface area contributed by atoms with Crippen LogP contribution in [0.25, 0.3) is 0 Å². The van der Waals surface area contributed by atoms with E-state index in [4.69, 9.17) is 9.47 Å². The summed E-state index contributed by atoms with van der Waals surface area (Å²) in [5.41, 5.74) is 1.37. The number of ether oxygens (including phenoxy) is 2. The third kappa shape index (κ3) is 5.28. The second kappa shape index (κ2) is 9.76. The van der Waals surface area contributed by atoms with Crippen molar-refractivity contribution in [2.24, 2.45) is 17.8 Å². The molecule has 0 aliphatic carbocycles. The van der Waals surface area contributed by atoms with Gasteiger partial charge in [0.1, 0.15) is 5.75 Å². The van der Waals surface area contributed by atoms with Crippen LogP contribution in [-0.2, 0) is 19.1 Å². The summed E-state index contributed by atoms with van der Waals surface area (Å²) < 4.78 is 10.3. The van der Waals surface area contributed by atoms with E-state index in [1.165, 1.54) is 12.0 Å². The molecule has 1 fully saturated rings. The standard InChI is InChI=1S/C22H32N2O5/c1-14(2)20(25)24(21(26)15(3)4)18-11-17(12-19(13-18)28-5)23-9-7-16(8-10-23)22(27)29-6/h11-16H,7-10H2,1-6H3. The number of esters is 1. The van der Waals surface area contributed by atoms with E-state index in [1.807, 2.05) is 12.1 Å². The van der Waals surface area contributed by atoms with E-state index < -0.39 is 0 Å². The molecule has 2 amide bonds. The van der Waals surface area contributed by atoms with Crippen LogP contribution in [0.4, 0.5) is 11.4 Å². The van der Waals surface area contributed by atoms with Crippen molar-refractivity contribution < 1.29 is 23.9 Å². The Hall–Kier alpha value is -2.57. The maximum absolute atomic E-state index is 12.8. The van der Waals surface area contributed by atoms with Crippen LogP contribution in [0.3, 0.4) is 0 Å². The molecule has 0 spiro atoms. The number of benzene rings is 1. The van der Waals surface area contributed by atoms with Crippen LogP contribution in [0.2, 0.25) is 0 Å². The number of piperidine rings is 1. The lowest BCUT2D eigenvalue weighted by Crippen LogP contribution is -2.42. The van der Waals surface area contributed by atoms with Crippen LogP contribution in [0, 0.1) is 17.8 Å². The number of nitrogens with zero attached hydrogens (tertiary/aromatic N) is 2. The van der Waals surface area contributed by atoms with E-state index in [2.05, 4.69) is 4.90 Å². The Morgan fingerprint density at radius 3 is 1.97 bits per heavy atom. The number of rotatable bonds is 6. The van der Waals surface area contributed by atoms with E-state index in [0.29, 0.717) is 37.4 Å². The first-order valence-corrected chi connectivity index (χ1v) is 10.1. The third-order valence-corrected chi connectivity index (χ3v) is 5.19. The minimum atomic E-state index is -0.317. The van der Waals surface area contributed by atoms with Crippen molar-refractivity contribution in [2.45, 2.75) is 40.5 Å². The lowest BCUT2D eigenvalue weighted by Gasteiger charge is -2.33. The van der Waals surface area contributed by atoms with Crippen molar-refractivity contribution in [2.75, 3.05) is 37.1 Å². The zero-order valence-electron chi connectivity index (χ0n) is 18.2. The van der Waals surface area contributed by atoms with Gasteiger partial charge in [-0.3, -0.25) is 14.4 Å². The normalized spacial score (nSPS) is 14.8. The van der Waals surface area contributed by atoms with Gasteiger partial charge in [-0.15, -0.1) is 0 Å². The van der Waals surface area contributed by atoms with E-state index in [0.717, 1.165) is 5.69 Å². The highest BCUT2D eigenvalue weighted by Gasteiger charge is 2.30. The second-order valence-corrected chi connectivity index (χ2v) is 8.00. The monoisotopic (exact) mass is 404 g/mol. The van der Waals surface area contributed by atoms with Crippen LogP contribution in [-0.4, -0.2) is 45.1 Å². The molecule has 1 aliphatic heterocycles. The fourth-order valence-electron chi connectivity index (χ4n) is 3.42. The lowest BCUT2D eigenvalue weighted by atomic mass is 9.96. The van der Waals surface area contributed by atoms with Crippen molar-refractivity contribution in [3.8, 4) is 5.75 Å². The first kappa shape index (κ1) is 22.7. The fraction of sp³-hybridized carbons (Fsp3) is 0.591. The minimum absolute atomic E-state index is 0.0946. The highest BCUT2D eigenvalue weighted by Crippen LogP contribution is 2.33. The first-order chi connectivity index (χ1) is 13.7. The Kier molecular flexibility index (Phi) is 7.65. The summed E-state index contributed by atoms with van der Waals surface area (Å²) >= 11 is 0. The van der Waals surface area contributed by atoms with Crippen LogP contribution >= 0.6 is 0 Å². The van der Waals surface area contributed by atoms with Gasteiger partial charge in [0.05, 0.1) is 25.8 Å². The van der Waals surface area contributed by atoms with Gasteiger partial charge in [0.25, 0.3) is 0 Å². The zero-order chi connectivity index (χ0) is 21.7. The van der Waals surface area contributed by atoms with Gasteiger partial charge >= 0.3 is 5.97 Å². The Labute approximate surface area is 172 Å². The molecule has 0 radical (unpaired) electrons. The molecule has 160 valence electrons. The Morgan fingerprint density at radius 1 is 0.966 bits per heavy atom. The maximum atomic E-state index is 12.8. The fourth-order valence-corrected chi connectivity index (χ4v) is 3.42. The molecule has 1 aromatic rings. The predicted octanol–water partition coefficient (Wildman–Crippen LogP) is 3.26. The van der Waals surface area contributed by atoms with E-state index in [9.17, 15) is 14.4 Å². The molecule has 1 aromatic carbocycles. The van der Waals surface area contributed by atoms with E-state index in [1.54, 1.807) is 40.9 Å². The van der Waals surface area contributed by atoms with E-state index in [-0.39, 0.29) is 35.5 Å². The highest BCUT2D eigenvalue weighted by molar-refractivity contribution is 6.16. The number of imide groups is 1. The summed E-state index contributed by atoms with van der Waals surface area (Å²) in [6.45, 7) is 8.48. The molecule has 7 nitrogen and oxygen atoms in total. The Balaban J connectivity index is 2.37. The van der Waals surface area contributed by atoms with Gasteiger partial charge in [-0.25, -0.2) is 4.90 Å². The quantitative estimate of drug-likeness (QED) is 0.678. The summed E-state index contributed by atoms with van der Waals surface area (Å²) in [4.78, 5) is 40.9. The summed E-state index contributed by atoms with van der Waals surface area (Å²) in [6, 6.07) is 5.45. The molecule has 7 heteroatoms. The van der Waals surface area contributed by atoms with Gasteiger partial charge in [0, 0.05) is 42.7 Å². The summed E-state index contributed by atoms with van der Waals surface area (Å²) in [5.74, 6) is -0.813. The first-order valence-electron chi connectivity index (χ1n) is 10.1. The molecule has 1 saturated heterocycles. The van der Waals surface area contributed by atoms with E-state index >= 15 is 0 Å². The Morgan fingerprint density at radius 2 is 1.52 bits per heavy atom. The average molecular weight is 405 g/mol.